The van der Waals surface area contributed by atoms with Crippen molar-refractivity contribution in [2.24, 2.45) is 5.73 Å². The summed E-state index contributed by atoms with van der Waals surface area (Å²) in [7, 11) is 0. The van der Waals surface area contributed by atoms with Crippen LogP contribution in [0.1, 0.15) is 60.0 Å². The Bertz CT molecular complexity index is 1670. The number of hydrogen-bond acceptors (Lipinski definition) is 6. The molecule has 1 saturated heterocycles. The second-order valence-electron chi connectivity index (χ2n) is 10.3. The number of amides is 2. The Morgan fingerprint density at radius 3 is 2.59 bits per heavy atom. The van der Waals surface area contributed by atoms with E-state index < -0.39 is 11.9 Å². The molecule has 2 atom stereocenters. The van der Waals surface area contributed by atoms with Gasteiger partial charge in [-0.15, -0.1) is 0 Å². The first kappa shape index (κ1) is 26.3. The SMILES string of the molecule is CCC(C(=O)NCc1ccoc1C(N)=O)n1ccc2c(N3CCCC3c3ccc(-c4ccccc4)cc3)ncnc21. The van der Waals surface area contributed by atoms with Crippen LogP contribution >= 0.6 is 0 Å². The molecular formula is C32H32N6O3. The highest BCUT2D eigenvalue weighted by atomic mass is 16.3. The lowest BCUT2D eigenvalue weighted by Gasteiger charge is -2.27. The summed E-state index contributed by atoms with van der Waals surface area (Å²) in [6, 6.07) is 22.6. The van der Waals surface area contributed by atoms with Gasteiger partial charge in [-0.3, -0.25) is 9.59 Å². The molecule has 2 amide bonds. The van der Waals surface area contributed by atoms with E-state index in [9.17, 15) is 9.59 Å². The van der Waals surface area contributed by atoms with E-state index in [-0.39, 0.29) is 24.3 Å². The highest BCUT2D eigenvalue weighted by molar-refractivity contribution is 5.92. The van der Waals surface area contributed by atoms with Crippen LogP contribution in [0.4, 0.5) is 5.82 Å². The summed E-state index contributed by atoms with van der Waals surface area (Å²) in [6.45, 7) is 3.00. The normalized spacial score (nSPS) is 15.7. The summed E-state index contributed by atoms with van der Waals surface area (Å²) < 4.78 is 7.05. The molecule has 6 rings (SSSR count). The van der Waals surface area contributed by atoms with Gasteiger partial charge in [0.05, 0.1) is 17.7 Å². The molecule has 3 N–H and O–H groups in total. The average molecular weight is 549 g/mol. The zero-order valence-electron chi connectivity index (χ0n) is 22.9. The standard InChI is InChI=1S/C32H32N6O3/c1-2-26(32(40)34-19-24-15-18-41-28(24)29(33)39)38-17-14-25-30(35-20-36-31(25)38)37-16-6-9-27(37)23-12-10-22(11-13-23)21-7-4-3-5-8-21/h3-5,7-8,10-15,17-18,20,26-27H,2,6,9,16,19H2,1H3,(H2,33,39)(H,34,40). The third kappa shape index (κ3) is 5.06. The van der Waals surface area contributed by atoms with Crippen molar-refractivity contribution >= 4 is 28.7 Å². The zero-order chi connectivity index (χ0) is 28.3. The van der Waals surface area contributed by atoms with E-state index in [1.807, 2.05) is 29.8 Å². The first-order valence-electron chi connectivity index (χ1n) is 13.9. The molecule has 2 aromatic carbocycles. The Morgan fingerprint density at radius 1 is 1.05 bits per heavy atom. The second-order valence-corrected chi connectivity index (χ2v) is 10.3. The average Bonchev–Trinajstić information content (AvgIpc) is 3.77. The first-order chi connectivity index (χ1) is 20.0. The van der Waals surface area contributed by atoms with Crippen LogP contribution in [0.5, 0.6) is 0 Å². The minimum Gasteiger partial charge on any atom is -0.459 e. The number of fused-ring (bicyclic) bond motifs is 1. The van der Waals surface area contributed by atoms with Crippen molar-refractivity contribution in [2.75, 3.05) is 11.4 Å². The van der Waals surface area contributed by atoms with Crippen molar-refractivity contribution in [1.82, 2.24) is 19.9 Å². The minimum absolute atomic E-state index is 0.0528. The lowest BCUT2D eigenvalue weighted by atomic mass is 9.99. The van der Waals surface area contributed by atoms with Crippen molar-refractivity contribution in [1.29, 1.82) is 0 Å². The van der Waals surface area contributed by atoms with Gasteiger partial charge in [-0.25, -0.2) is 9.97 Å². The van der Waals surface area contributed by atoms with Crippen molar-refractivity contribution in [3.05, 3.63) is 102 Å². The molecule has 9 heteroatoms. The Labute approximate surface area is 238 Å². The van der Waals surface area contributed by atoms with E-state index in [4.69, 9.17) is 15.1 Å². The Hall–Kier alpha value is -4.92. The summed E-state index contributed by atoms with van der Waals surface area (Å²) in [5, 5.41) is 3.83. The fourth-order valence-corrected chi connectivity index (χ4v) is 5.83. The van der Waals surface area contributed by atoms with E-state index in [1.54, 1.807) is 12.4 Å². The summed E-state index contributed by atoms with van der Waals surface area (Å²) in [4.78, 5) is 36.5. The van der Waals surface area contributed by atoms with Gasteiger partial charge in [-0.05, 0) is 48.1 Å². The predicted octanol–water partition coefficient (Wildman–Crippen LogP) is 5.40. The molecule has 208 valence electrons. The molecule has 0 bridgehead atoms. The summed E-state index contributed by atoms with van der Waals surface area (Å²) in [5.74, 6) is 0.0822. The largest absolute Gasteiger partial charge is 0.459 e. The predicted molar refractivity (Wildman–Crippen MR) is 157 cm³/mol. The molecule has 0 saturated carbocycles. The number of furan rings is 1. The fourth-order valence-electron chi connectivity index (χ4n) is 5.83. The van der Waals surface area contributed by atoms with E-state index in [0.717, 1.165) is 30.6 Å². The van der Waals surface area contributed by atoms with Crippen LogP contribution in [0.25, 0.3) is 22.2 Å². The number of hydrogen-bond donors (Lipinski definition) is 2. The fraction of sp³-hybridized carbons (Fsp3) is 0.250. The molecule has 9 nitrogen and oxygen atoms in total. The molecule has 4 heterocycles. The number of nitrogens with zero attached hydrogens (tertiary/aromatic N) is 4. The number of carbonyl (C=O) groups excluding carboxylic acids is 2. The van der Waals surface area contributed by atoms with Gasteiger partial charge in [0.25, 0.3) is 5.91 Å². The number of aromatic nitrogens is 3. The van der Waals surface area contributed by atoms with Gasteiger partial charge in [0, 0.05) is 24.8 Å². The second kappa shape index (κ2) is 11.3. The van der Waals surface area contributed by atoms with Crippen LogP contribution in [0.2, 0.25) is 0 Å². The maximum absolute atomic E-state index is 13.3. The number of carbonyl (C=O) groups is 2. The number of benzene rings is 2. The molecule has 5 aromatic rings. The van der Waals surface area contributed by atoms with Gasteiger partial charge in [0.15, 0.2) is 5.76 Å². The summed E-state index contributed by atoms with van der Waals surface area (Å²) in [5.41, 5.74) is 10.3. The van der Waals surface area contributed by atoms with Gasteiger partial charge < -0.3 is 24.9 Å². The lowest BCUT2D eigenvalue weighted by molar-refractivity contribution is -0.124. The van der Waals surface area contributed by atoms with Crippen molar-refractivity contribution in [3.63, 3.8) is 0 Å². The highest BCUT2D eigenvalue weighted by Gasteiger charge is 2.30. The van der Waals surface area contributed by atoms with Crippen LogP contribution in [0.3, 0.4) is 0 Å². The highest BCUT2D eigenvalue weighted by Crippen LogP contribution is 2.39. The third-order valence-electron chi connectivity index (χ3n) is 7.86. The Kier molecular flexibility index (Phi) is 7.24. The van der Waals surface area contributed by atoms with E-state index >= 15 is 0 Å². The monoisotopic (exact) mass is 548 g/mol. The van der Waals surface area contributed by atoms with E-state index in [2.05, 4.69) is 63.7 Å². The van der Waals surface area contributed by atoms with Crippen molar-refractivity contribution in [3.8, 4) is 11.1 Å². The van der Waals surface area contributed by atoms with Gasteiger partial charge in [0.1, 0.15) is 23.8 Å². The molecule has 0 spiro atoms. The molecule has 1 aliphatic rings. The number of anilines is 1. The van der Waals surface area contributed by atoms with Crippen LogP contribution in [0, 0.1) is 0 Å². The smallest absolute Gasteiger partial charge is 0.284 e. The van der Waals surface area contributed by atoms with Gasteiger partial charge in [0.2, 0.25) is 5.91 Å². The molecular weight excluding hydrogens is 516 g/mol. The molecule has 1 fully saturated rings. The van der Waals surface area contributed by atoms with Crippen LogP contribution in [-0.2, 0) is 11.3 Å². The third-order valence-corrected chi connectivity index (χ3v) is 7.86. The number of nitrogens with one attached hydrogen (secondary N) is 1. The number of nitrogens with two attached hydrogens (primary N) is 1. The van der Waals surface area contributed by atoms with Gasteiger partial charge in [-0.1, -0.05) is 61.5 Å². The maximum atomic E-state index is 13.3. The Balaban J connectivity index is 1.24. The molecule has 1 aliphatic heterocycles. The minimum atomic E-state index is -0.667. The van der Waals surface area contributed by atoms with Crippen molar-refractivity contribution < 1.29 is 14.0 Å². The molecule has 41 heavy (non-hydrogen) atoms. The quantitative estimate of drug-likeness (QED) is 0.255. The summed E-state index contributed by atoms with van der Waals surface area (Å²) in [6.07, 6.45) is 7.54. The van der Waals surface area contributed by atoms with Gasteiger partial charge >= 0.3 is 0 Å². The van der Waals surface area contributed by atoms with Crippen LogP contribution in [0.15, 0.2) is 89.9 Å². The molecule has 3 aromatic heterocycles. The van der Waals surface area contributed by atoms with E-state index in [0.29, 0.717) is 17.6 Å². The maximum Gasteiger partial charge on any atom is 0.284 e. The van der Waals surface area contributed by atoms with E-state index in [1.165, 1.54) is 23.0 Å². The van der Waals surface area contributed by atoms with Gasteiger partial charge in [-0.2, -0.15) is 0 Å². The van der Waals surface area contributed by atoms with Crippen molar-refractivity contribution in [2.45, 2.75) is 44.8 Å². The van der Waals surface area contributed by atoms with Crippen LogP contribution < -0.4 is 16.0 Å². The molecule has 2 unspecified atom stereocenters. The van der Waals surface area contributed by atoms with Crippen LogP contribution in [-0.4, -0.2) is 32.9 Å². The number of rotatable bonds is 9. The summed E-state index contributed by atoms with van der Waals surface area (Å²) >= 11 is 0. The first-order valence-corrected chi connectivity index (χ1v) is 13.9. The number of primary amides is 1. The molecule has 0 aliphatic carbocycles. The molecule has 0 radical (unpaired) electrons. The lowest BCUT2D eigenvalue weighted by Crippen LogP contribution is -2.32. The Morgan fingerprint density at radius 2 is 1.83 bits per heavy atom. The topological polar surface area (TPSA) is 119 Å². The zero-order valence-corrected chi connectivity index (χ0v) is 22.9.